The van der Waals surface area contributed by atoms with Crippen molar-refractivity contribution in [1.29, 1.82) is 0 Å². The molecule has 0 aliphatic heterocycles. The molecule has 0 radical (unpaired) electrons. The fourth-order valence-corrected chi connectivity index (χ4v) is 0.909. The molecule has 11 heteroatoms. The average Bonchev–Trinajstić information content (AvgIpc) is 2.26. The summed E-state index contributed by atoms with van der Waals surface area (Å²) < 4.78 is 64.9. The number of hydrazine groups is 1. The number of nitrogens with one attached hydrogen (secondary N) is 1. The van der Waals surface area contributed by atoms with Crippen LogP contribution < -0.4 is 16.0 Å². The number of alkyl halides is 5. The minimum Gasteiger partial charge on any atom is -0.470 e. The zero-order chi connectivity index (χ0) is 14.0. The molecule has 18 heavy (non-hydrogen) atoms. The number of nitrogen functional groups attached to an aromatic ring is 1. The van der Waals surface area contributed by atoms with Crippen LogP contribution in [0.5, 0.6) is 5.88 Å². The third-order valence-corrected chi connectivity index (χ3v) is 1.91. The van der Waals surface area contributed by atoms with Gasteiger partial charge >= 0.3 is 12.1 Å². The van der Waals surface area contributed by atoms with E-state index in [0.717, 1.165) is 6.20 Å². The first-order valence-electron chi connectivity index (χ1n) is 4.24. The van der Waals surface area contributed by atoms with Gasteiger partial charge in [-0.05, 0) is 0 Å². The van der Waals surface area contributed by atoms with E-state index in [1.54, 1.807) is 0 Å². The van der Waals surface area contributed by atoms with Crippen LogP contribution in [-0.4, -0.2) is 28.7 Å². The van der Waals surface area contributed by atoms with Gasteiger partial charge in [0.1, 0.15) is 5.02 Å². The molecule has 0 unspecified atom stereocenters. The average molecular weight is 293 g/mol. The Kier molecular flexibility index (Phi) is 4.12. The Balaban J connectivity index is 2.80. The summed E-state index contributed by atoms with van der Waals surface area (Å²) in [5, 5.41) is -0.327. The predicted molar refractivity (Wildman–Crippen MR) is 51.3 cm³/mol. The lowest BCUT2D eigenvalue weighted by Gasteiger charge is -2.19. The molecule has 0 aliphatic carbocycles. The number of hydrogen-bond donors (Lipinski definition) is 2. The van der Waals surface area contributed by atoms with Crippen molar-refractivity contribution in [3.05, 3.63) is 11.2 Å². The monoisotopic (exact) mass is 292 g/mol. The van der Waals surface area contributed by atoms with E-state index >= 15 is 0 Å². The van der Waals surface area contributed by atoms with Gasteiger partial charge < -0.3 is 4.74 Å². The molecule has 0 aliphatic rings. The number of hydrogen-bond acceptors (Lipinski definition) is 5. The van der Waals surface area contributed by atoms with Crippen LogP contribution in [-0.2, 0) is 0 Å². The van der Waals surface area contributed by atoms with E-state index in [1.807, 2.05) is 5.43 Å². The Morgan fingerprint density at radius 1 is 1.33 bits per heavy atom. The SMILES string of the molecule is NNc1ncc(Cl)c(OCC(F)(F)C(F)(F)F)n1. The molecule has 0 bridgehead atoms. The van der Waals surface area contributed by atoms with Crippen LogP contribution in [0.25, 0.3) is 0 Å². The zero-order valence-electron chi connectivity index (χ0n) is 8.43. The van der Waals surface area contributed by atoms with Gasteiger partial charge in [-0.25, -0.2) is 10.8 Å². The van der Waals surface area contributed by atoms with Crippen LogP contribution in [0.15, 0.2) is 6.20 Å². The number of nitrogens with two attached hydrogens (primary N) is 1. The van der Waals surface area contributed by atoms with Gasteiger partial charge in [0.05, 0.1) is 6.20 Å². The first-order valence-corrected chi connectivity index (χ1v) is 4.61. The fourth-order valence-electron chi connectivity index (χ4n) is 0.763. The Hall–Kier alpha value is -1.42. The molecule has 0 saturated heterocycles. The van der Waals surface area contributed by atoms with Gasteiger partial charge in [-0.3, -0.25) is 5.43 Å². The maximum Gasteiger partial charge on any atom is 0.456 e. The van der Waals surface area contributed by atoms with Crippen LogP contribution in [0.1, 0.15) is 0 Å². The van der Waals surface area contributed by atoms with Crippen molar-refractivity contribution in [2.45, 2.75) is 12.1 Å². The standard InChI is InChI=1S/C7H6ClF5N4O/c8-3-1-15-5(17-14)16-4(3)18-2-6(9,10)7(11,12)13/h1H,2,14H2,(H,15,16,17). The van der Waals surface area contributed by atoms with Crippen molar-refractivity contribution in [1.82, 2.24) is 9.97 Å². The molecule has 1 heterocycles. The summed E-state index contributed by atoms with van der Waals surface area (Å²) in [6.45, 7) is -1.95. The first-order chi connectivity index (χ1) is 8.17. The normalized spacial score (nSPS) is 12.4. The van der Waals surface area contributed by atoms with Crippen LogP contribution in [0.4, 0.5) is 27.9 Å². The summed E-state index contributed by atoms with van der Waals surface area (Å²) in [5.74, 6) is -0.979. The highest BCUT2D eigenvalue weighted by Gasteiger charge is 2.58. The van der Waals surface area contributed by atoms with E-state index in [9.17, 15) is 22.0 Å². The van der Waals surface area contributed by atoms with Gasteiger partial charge in [0.15, 0.2) is 6.61 Å². The van der Waals surface area contributed by atoms with Crippen molar-refractivity contribution in [3.63, 3.8) is 0 Å². The van der Waals surface area contributed by atoms with E-state index in [1.165, 1.54) is 0 Å². The molecule has 0 saturated carbocycles. The molecule has 0 amide bonds. The summed E-state index contributed by atoms with van der Waals surface area (Å²) in [4.78, 5) is 6.86. The molecule has 0 fully saturated rings. The summed E-state index contributed by atoms with van der Waals surface area (Å²) in [6.07, 6.45) is -4.79. The van der Waals surface area contributed by atoms with Gasteiger partial charge in [-0.2, -0.15) is 26.9 Å². The molecule has 1 aromatic heterocycles. The van der Waals surface area contributed by atoms with Crippen molar-refractivity contribution in [2.75, 3.05) is 12.0 Å². The van der Waals surface area contributed by atoms with Crippen LogP contribution in [0, 0.1) is 0 Å². The lowest BCUT2D eigenvalue weighted by Crippen LogP contribution is -2.41. The molecule has 0 atom stereocenters. The van der Waals surface area contributed by atoms with Crippen molar-refractivity contribution in [2.24, 2.45) is 5.84 Å². The maximum atomic E-state index is 12.6. The molecule has 1 rings (SSSR count). The lowest BCUT2D eigenvalue weighted by atomic mass is 10.3. The second-order valence-electron chi connectivity index (χ2n) is 2.98. The Bertz CT molecular complexity index is 427. The second kappa shape index (κ2) is 5.06. The number of rotatable bonds is 4. The Morgan fingerprint density at radius 2 is 1.94 bits per heavy atom. The van der Waals surface area contributed by atoms with Crippen LogP contribution >= 0.6 is 11.6 Å². The minimum atomic E-state index is -5.72. The number of anilines is 1. The number of aromatic nitrogens is 2. The highest BCUT2D eigenvalue weighted by molar-refractivity contribution is 6.31. The number of ether oxygens (including phenoxy) is 1. The summed E-state index contributed by atoms with van der Waals surface area (Å²) >= 11 is 5.45. The minimum absolute atomic E-state index is 0.246. The second-order valence-corrected chi connectivity index (χ2v) is 3.39. The largest absolute Gasteiger partial charge is 0.470 e. The van der Waals surface area contributed by atoms with Gasteiger partial charge in [-0.15, -0.1) is 0 Å². The van der Waals surface area contributed by atoms with Crippen molar-refractivity contribution < 1.29 is 26.7 Å². The Labute approximate surface area is 102 Å². The van der Waals surface area contributed by atoms with Crippen LogP contribution in [0.3, 0.4) is 0 Å². The number of halogens is 6. The van der Waals surface area contributed by atoms with Gasteiger partial charge in [0.25, 0.3) is 0 Å². The topological polar surface area (TPSA) is 73.1 Å². The molecule has 102 valence electrons. The quantitative estimate of drug-likeness (QED) is 0.504. The molecule has 0 spiro atoms. The van der Waals surface area contributed by atoms with E-state index in [-0.39, 0.29) is 11.0 Å². The third-order valence-electron chi connectivity index (χ3n) is 1.65. The highest BCUT2D eigenvalue weighted by atomic mass is 35.5. The third kappa shape index (κ3) is 3.29. The molecule has 0 aromatic carbocycles. The highest BCUT2D eigenvalue weighted by Crippen LogP contribution is 2.36. The Morgan fingerprint density at radius 3 is 2.44 bits per heavy atom. The molecular weight excluding hydrogens is 287 g/mol. The van der Waals surface area contributed by atoms with Gasteiger partial charge in [0, 0.05) is 0 Å². The number of nitrogens with zero attached hydrogens (tertiary/aromatic N) is 2. The fraction of sp³-hybridized carbons (Fsp3) is 0.429. The lowest BCUT2D eigenvalue weighted by molar-refractivity contribution is -0.290. The molecule has 1 aromatic rings. The van der Waals surface area contributed by atoms with E-state index in [4.69, 9.17) is 17.4 Å². The maximum absolute atomic E-state index is 12.6. The van der Waals surface area contributed by atoms with Gasteiger partial charge in [0.2, 0.25) is 11.8 Å². The van der Waals surface area contributed by atoms with Crippen molar-refractivity contribution >= 4 is 17.5 Å². The molecule has 5 nitrogen and oxygen atoms in total. The smallest absolute Gasteiger partial charge is 0.456 e. The summed E-state index contributed by atoms with van der Waals surface area (Å²) in [6, 6.07) is 0. The predicted octanol–water partition coefficient (Wildman–Crippen LogP) is 1.99. The van der Waals surface area contributed by atoms with Crippen molar-refractivity contribution in [3.8, 4) is 5.88 Å². The molecular formula is C7H6ClF5N4O. The zero-order valence-corrected chi connectivity index (χ0v) is 9.19. The summed E-state index contributed by atoms with van der Waals surface area (Å²) in [7, 11) is 0. The van der Waals surface area contributed by atoms with E-state index < -0.39 is 24.6 Å². The van der Waals surface area contributed by atoms with Gasteiger partial charge in [-0.1, -0.05) is 11.6 Å². The van der Waals surface area contributed by atoms with Crippen LogP contribution in [0.2, 0.25) is 5.02 Å². The van der Waals surface area contributed by atoms with E-state index in [2.05, 4.69) is 14.7 Å². The summed E-state index contributed by atoms with van der Waals surface area (Å²) in [5.41, 5.74) is 1.95. The van der Waals surface area contributed by atoms with E-state index in [0.29, 0.717) is 0 Å². The molecule has 3 N–H and O–H groups in total. The first kappa shape index (κ1) is 14.6.